The molecule has 32 heteroatoms. The van der Waals surface area contributed by atoms with Crippen LogP contribution in [0.5, 0.6) is 0 Å². The van der Waals surface area contributed by atoms with Crippen LogP contribution in [0.4, 0.5) is 0 Å². The van der Waals surface area contributed by atoms with Gasteiger partial charge in [-0.15, -0.1) is 0 Å². The van der Waals surface area contributed by atoms with E-state index in [0.29, 0.717) is 12.8 Å². The summed E-state index contributed by atoms with van der Waals surface area (Å²) in [4.78, 5) is 161. The lowest BCUT2D eigenvalue weighted by atomic mass is 10.1. The maximum Gasteiger partial charge on any atom is 0.326 e. The van der Waals surface area contributed by atoms with Crippen molar-refractivity contribution in [3.05, 3.63) is 0 Å². The maximum atomic E-state index is 13.8. The summed E-state index contributed by atoms with van der Waals surface area (Å²) >= 11 is 0. The Morgan fingerprint density at radius 1 is 0.467 bits per heavy atom. The van der Waals surface area contributed by atoms with Gasteiger partial charge in [0.2, 0.25) is 53.2 Å². The predicted molar refractivity (Wildman–Crippen MR) is 268 cm³/mol. The van der Waals surface area contributed by atoms with Gasteiger partial charge in [-0.3, -0.25) is 62.7 Å². The smallest absolute Gasteiger partial charge is 0.326 e. The van der Waals surface area contributed by atoms with Crippen LogP contribution in [0.25, 0.3) is 0 Å². The molecule has 0 unspecified atom stereocenters. The zero-order chi connectivity index (χ0) is 57.4. The first-order chi connectivity index (χ1) is 35.1. The number of amides is 9. The van der Waals surface area contributed by atoms with Gasteiger partial charge in [0.25, 0.3) is 0 Å². The molecule has 0 rings (SSSR count). The van der Waals surface area contributed by atoms with Crippen LogP contribution in [-0.4, -0.2) is 173 Å². The Morgan fingerprint density at radius 2 is 0.907 bits per heavy atom. The number of carbonyl (C=O) groups excluding carboxylic acids is 9. The molecule has 8 atom stereocenters. The Morgan fingerprint density at radius 3 is 1.40 bits per heavy atom. The molecule has 0 aromatic carbocycles. The molecule has 9 amide bonds. The Bertz CT molecular complexity index is 2030. The number of guanidine groups is 2. The largest absolute Gasteiger partial charge is 0.481 e. The number of aliphatic imine (C=N–C) groups is 2. The van der Waals surface area contributed by atoms with E-state index in [-0.39, 0.29) is 76.5 Å². The molecule has 0 aliphatic carbocycles. The monoisotopic (exact) mass is 1080 g/mol. The second-order valence-electron chi connectivity index (χ2n) is 17.5. The van der Waals surface area contributed by atoms with Crippen molar-refractivity contribution in [2.24, 2.45) is 56.0 Å². The van der Waals surface area contributed by atoms with Crippen molar-refractivity contribution in [1.82, 2.24) is 42.5 Å². The van der Waals surface area contributed by atoms with Crippen LogP contribution in [0, 0.1) is 5.92 Å². The molecule has 0 saturated heterocycles. The number of nitrogens with two attached hydrogens (primary N) is 7. The summed E-state index contributed by atoms with van der Waals surface area (Å²) in [6, 6.07) is -11.4. The summed E-state index contributed by atoms with van der Waals surface area (Å²) in [6.07, 6.45) is -1.88. The van der Waals surface area contributed by atoms with Crippen molar-refractivity contribution in [1.29, 1.82) is 0 Å². The quantitative estimate of drug-likeness (QED) is 0.00894. The molecule has 0 saturated carbocycles. The van der Waals surface area contributed by atoms with Crippen LogP contribution >= 0.6 is 0 Å². The highest BCUT2D eigenvalue weighted by molar-refractivity contribution is 5.98. The van der Waals surface area contributed by atoms with Gasteiger partial charge in [0.1, 0.15) is 42.3 Å². The van der Waals surface area contributed by atoms with Gasteiger partial charge in [-0.25, -0.2) is 4.79 Å². The topological polar surface area (TPSA) is 569 Å². The molecule has 0 spiro atoms. The molecular formula is C43H77N17O15. The summed E-state index contributed by atoms with van der Waals surface area (Å²) in [7, 11) is 0. The molecular weight excluding hydrogens is 1000 g/mol. The first-order valence-corrected chi connectivity index (χ1v) is 24.0. The van der Waals surface area contributed by atoms with E-state index >= 15 is 0 Å². The number of primary amides is 1. The molecule has 0 radical (unpaired) electrons. The molecule has 424 valence electrons. The number of carboxylic acids is 3. The van der Waals surface area contributed by atoms with E-state index in [1.54, 1.807) is 13.8 Å². The molecule has 0 aromatic heterocycles. The second-order valence-corrected chi connectivity index (χ2v) is 17.5. The maximum absolute atomic E-state index is 13.8. The third kappa shape index (κ3) is 30.0. The standard InChI is InChI=1S/C43H77N17O15/c1-21(2)33(60-39(72)25(10-7-19-52-43(49)50)57-35(68)23(45)11-15-31(63)64)40(73)54-22(3)34(67)56-27(13-16-32(65)66)38(71)58-24(9-6-18-51-42(47)48)36(69)53-20-30(62)55-26(12-14-29(46)61)37(70)59-28(41(74)75)8-4-5-17-44/h21-28,33H,4-20,44-45H2,1-3H3,(H2,46,61)(H,53,69)(H,54,73)(H,55,62)(H,56,67)(H,57,68)(H,58,71)(H,59,70)(H,60,72)(H,63,64)(H,65,66)(H,74,75)(H4,47,48,51)(H4,49,50,52)/t22-,23-,24-,25-,26-,27-,28-,33-/m0/s1/i1+1,2+1,21+1,33+1,40+1,60+1. The van der Waals surface area contributed by atoms with Gasteiger partial charge >= 0.3 is 17.9 Å². The highest BCUT2D eigenvalue weighted by atomic mass is 16.4. The van der Waals surface area contributed by atoms with Crippen LogP contribution in [0.3, 0.4) is 0 Å². The summed E-state index contributed by atoms with van der Waals surface area (Å²) in [6.45, 7) is 3.77. The first kappa shape index (κ1) is 67.1. The number of aliphatic carboxylic acids is 3. The van der Waals surface area contributed by atoms with Gasteiger partial charge in [-0.1, -0.05) is 13.8 Å². The Kier molecular flexibility index (Phi) is 32.3. The number of nitrogens with zero attached hydrogens (tertiary/aromatic N) is 2. The van der Waals surface area contributed by atoms with E-state index < -0.39 is 158 Å². The Labute approximate surface area is 432 Å². The van der Waals surface area contributed by atoms with Crippen LogP contribution in [0.1, 0.15) is 104 Å². The van der Waals surface area contributed by atoms with E-state index in [4.69, 9.17) is 45.2 Å². The second kappa shape index (κ2) is 36.1. The van der Waals surface area contributed by atoms with Crippen LogP contribution in [-0.2, 0) is 57.5 Å². The van der Waals surface area contributed by atoms with Gasteiger partial charge in [-0.2, -0.15) is 0 Å². The fourth-order valence-electron chi connectivity index (χ4n) is 6.61. The minimum absolute atomic E-state index is 0.00631. The van der Waals surface area contributed by atoms with Gasteiger partial charge in [0.05, 0.1) is 12.6 Å². The van der Waals surface area contributed by atoms with Crippen LogP contribution in [0.15, 0.2) is 9.98 Å². The fraction of sp³-hybridized carbons (Fsp3) is 0.674. The average Bonchev–Trinajstić information content (AvgIpc) is 3.32. The van der Waals surface area contributed by atoms with E-state index in [1.807, 2.05) is 0 Å². The Hall–Kier alpha value is -7.90. The lowest BCUT2D eigenvalue weighted by molar-refractivity contribution is -0.142. The summed E-state index contributed by atoms with van der Waals surface area (Å²) in [5.41, 5.74) is 38.1. The molecule has 0 fully saturated rings. The molecule has 25 N–H and O–H groups in total. The zero-order valence-electron chi connectivity index (χ0n) is 42.4. The molecule has 0 heterocycles. The predicted octanol–water partition coefficient (Wildman–Crippen LogP) is -7.18. The molecule has 75 heavy (non-hydrogen) atoms. The van der Waals surface area contributed by atoms with Gasteiger partial charge in [0.15, 0.2) is 11.9 Å². The number of hydrogen-bond acceptors (Lipinski definition) is 16. The molecule has 32 nitrogen and oxygen atoms in total. The average molecular weight is 1080 g/mol. The first-order valence-electron chi connectivity index (χ1n) is 24.0. The van der Waals surface area contributed by atoms with Crippen molar-refractivity contribution in [3.8, 4) is 0 Å². The zero-order valence-corrected chi connectivity index (χ0v) is 42.4. The number of carbonyl (C=O) groups is 12. The molecule has 0 aromatic rings. The highest BCUT2D eigenvalue weighted by Crippen LogP contribution is 2.09. The number of nitrogens with one attached hydrogen (secondary N) is 8. The fourth-order valence-corrected chi connectivity index (χ4v) is 6.61. The third-order valence-electron chi connectivity index (χ3n) is 10.8. The van der Waals surface area contributed by atoms with Gasteiger partial charge in [0, 0.05) is 32.4 Å². The van der Waals surface area contributed by atoms with Crippen molar-refractivity contribution in [2.45, 2.75) is 153 Å². The van der Waals surface area contributed by atoms with E-state index in [0.717, 1.165) is 0 Å². The summed E-state index contributed by atoms with van der Waals surface area (Å²) in [5.74, 6) is -13.6. The lowest BCUT2D eigenvalue weighted by Crippen LogP contribution is -2.60. The molecule has 0 aliphatic heterocycles. The minimum atomic E-state index is -1.66. The highest BCUT2D eigenvalue weighted by Gasteiger charge is 2.34. The minimum Gasteiger partial charge on any atom is -0.481 e. The normalized spacial score (nSPS) is 14.0. The van der Waals surface area contributed by atoms with E-state index in [2.05, 4.69) is 52.5 Å². The summed E-state index contributed by atoms with van der Waals surface area (Å²) in [5, 5.41) is 47.1. The van der Waals surface area contributed by atoms with Crippen molar-refractivity contribution < 1.29 is 72.9 Å². The van der Waals surface area contributed by atoms with E-state index in [1.165, 1.54) is 6.92 Å². The number of unbranched alkanes of at least 4 members (excludes halogenated alkanes) is 1. The molecule has 0 bridgehead atoms. The van der Waals surface area contributed by atoms with Crippen LogP contribution in [0.2, 0.25) is 0 Å². The number of rotatable bonds is 39. The van der Waals surface area contributed by atoms with Crippen molar-refractivity contribution >= 4 is 83.0 Å². The van der Waals surface area contributed by atoms with Crippen LogP contribution < -0.4 is 82.7 Å². The van der Waals surface area contributed by atoms with Gasteiger partial charge in [-0.05, 0) is 83.6 Å². The van der Waals surface area contributed by atoms with Crippen molar-refractivity contribution in [2.75, 3.05) is 26.2 Å². The Balaban J connectivity index is 6.32. The molecule has 0 aliphatic rings. The number of hydrogen-bond donors (Lipinski definition) is 18. The van der Waals surface area contributed by atoms with Gasteiger partial charge < -0.3 is 98.0 Å². The SMILES string of the molecule is C[C@H](N[13C](=O)[13C@@H]([15NH]C(=O)[C@H](CCCN=C(N)N)NC(=O)[C@@H](N)CCC(=O)O)[13CH]([13CH3])[13CH3])C(=O)N[C@@H](CCC(=O)O)C(=O)N[C@@H](CCCN=C(N)N)C(=O)NCC(=O)N[C@@H](CCC(N)=O)C(=O)N[C@@H](CCCCN)C(=O)O. The van der Waals surface area contributed by atoms with Crippen molar-refractivity contribution in [3.63, 3.8) is 0 Å². The third-order valence-corrected chi connectivity index (χ3v) is 10.8. The van der Waals surface area contributed by atoms with E-state index in [9.17, 15) is 67.7 Å². The lowest BCUT2D eigenvalue weighted by Gasteiger charge is -2.27. The summed E-state index contributed by atoms with van der Waals surface area (Å²) < 4.78 is 0. The number of carboxylic acid groups (broad SMARTS) is 3.